The van der Waals surface area contributed by atoms with Crippen LogP contribution in [0.3, 0.4) is 0 Å². The molecular formula is C16H14N4O2S. The Morgan fingerprint density at radius 2 is 2.00 bits per heavy atom. The molecule has 0 atom stereocenters. The van der Waals surface area contributed by atoms with Gasteiger partial charge >= 0.3 is 0 Å². The van der Waals surface area contributed by atoms with Crippen LogP contribution in [0.15, 0.2) is 47.4 Å². The minimum Gasteiger partial charge on any atom is -0.331 e. The summed E-state index contributed by atoms with van der Waals surface area (Å²) in [5.74, 6) is 0.809. The van der Waals surface area contributed by atoms with Gasteiger partial charge in [-0.25, -0.2) is 13.4 Å². The van der Waals surface area contributed by atoms with Crippen molar-refractivity contribution in [2.45, 2.75) is 11.8 Å². The lowest BCUT2D eigenvalue weighted by atomic mass is 10.2. The zero-order valence-corrected chi connectivity index (χ0v) is 13.4. The fraction of sp³-hybridized carbons (Fsp3) is 0.125. The number of nitrogens with zero attached hydrogens (tertiary/aromatic N) is 3. The molecule has 0 fully saturated rings. The molecule has 7 heteroatoms. The molecule has 0 unspecified atom stereocenters. The highest BCUT2D eigenvalue weighted by Gasteiger charge is 2.16. The molecule has 3 aromatic rings. The van der Waals surface area contributed by atoms with E-state index in [1.165, 1.54) is 6.07 Å². The molecule has 0 radical (unpaired) electrons. The third kappa shape index (κ3) is 2.76. The number of nitriles is 1. The van der Waals surface area contributed by atoms with Gasteiger partial charge in [0, 0.05) is 7.05 Å². The van der Waals surface area contributed by atoms with Crippen LogP contribution < -0.4 is 4.72 Å². The van der Waals surface area contributed by atoms with Crippen LogP contribution in [0.5, 0.6) is 0 Å². The second-order valence-corrected chi connectivity index (χ2v) is 6.85. The van der Waals surface area contributed by atoms with Gasteiger partial charge in [0.1, 0.15) is 5.82 Å². The van der Waals surface area contributed by atoms with Crippen molar-refractivity contribution in [2.24, 2.45) is 7.05 Å². The second kappa shape index (κ2) is 5.41. The summed E-state index contributed by atoms with van der Waals surface area (Å²) in [5.41, 5.74) is 2.23. The molecule has 0 spiro atoms. The van der Waals surface area contributed by atoms with E-state index in [-0.39, 0.29) is 4.90 Å². The quantitative estimate of drug-likeness (QED) is 0.801. The highest BCUT2D eigenvalue weighted by atomic mass is 32.2. The lowest BCUT2D eigenvalue weighted by Gasteiger charge is -2.08. The minimum atomic E-state index is -3.74. The molecule has 1 heterocycles. The van der Waals surface area contributed by atoms with Gasteiger partial charge in [-0.3, -0.25) is 4.72 Å². The van der Waals surface area contributed by atoms with Crippen molar-refractivity contribution in [3.8, 4) is 6.07 Å². The van der Waals surface area contributed by atoms with Crippen LogP contribution in [0, 0.1) is 18.3 Å². The maximum Gasteiger partial charge on any atom is 0.261 e. The zero-order valence-electron chi connectivity index (χ0n) is 12.6. The van der Waals surface area contributed by atoms with Crippen molar-refractivity contribution in [3.05, 3.63) is 53.9 Å². The molecule has 0 saturated heterocycles. The van der Waals surface area contributed by atoms with Crippen molar-refractivity contribution in [3.63, 3.8) is 0 Å². The van der Waals surface area contributed by atoms with Gasteiger partial charge in [-0.2, -0.15) is 5.26 Å². The number of hydrogen-bond donors (Lipinski definition) is 1. The molecule has 0 amide bonds. The van der Waals surface area contributed by atoms with Crippen molar-refractivity contribution in [2.75, 3.05) is 4.72 Å². The van der Waals surface area contributed by atoms with E-state index in [0.29, 0.717) is 16.8 Å². The normalized spacial score (nSPS) is 11.3. The van der Waals surface area contributed by atoms with Gasteiger partial charge in [-0.15, -0.1) is 0 Å². The average Bonchev–Trinajstić information content (AvgIpc) is 2.81. The summed E-state index contributed by atoms with van der Waals surface area (Å²) in [4.78, 5) is 4.48. The molecule has 0 bridgehead atoms. The van der Waals surface area contributed by atoms with Crippen LogP contribution in [-0.4, -0.2) is 18.0 Å². The van der Waals surface area contributed by atoms with Gasteiger partial charge in [-0.05, 0) is 43.3 Å². The van der Waals surface area contributed by atoms with E-state index < -0.39 is 10.0 Å². The minimum absolute atomic E-state index is 0.130. The molecule has 116 valence electrons. The summed E-state index contributed by atoms with van der Waals surface area (Å²) in [6, 6.07) is 13.1. The topological polar surface area (TPSA) is 87.8 Å². The first-order valence-electron chi connectivity index (χ1n) is 6.87. The molecule has 23 heavy (non-hydrogen) atoms. The summed E-state index contributed by atoms with van der Waals surface area (Å²) in [5, 5.41) is 8.89. The molecule has 0 aliphatic carbocycles. The number of hydrogen-bond acceptors (Lipinski definition) is 4. The Balaban J connectivity index is 2.00. The fourth-order valence-corrected chi connectivity index (χ4v) is 3.40. The molecule has 2 aromatic carbocycles. The standard InChI is InChI=1S/C16H14N4O2S/c1-11-18-15-9-14(6-7-16(15)20(11)2)23(21,22)19-13-5-3-4-12(8-13)10-17/h3-9,19H,1-2H3. The SMILES string of the molecule is Cc1nc2cc(S(=O)(=O)Nc3cccc(C#N)c3)ccc2n1C. The summed E-state index contributed by atoms with van der Waals surface area (Å²) in [7, 11) is -1.86. The van der Waals surface area contributed by atoms with E-state index in [1.54, 1.807) is 36.4 Å². The number of rotatable bonds is 3. The Morgan fingerprint density at radius 1 is 1.22 bits per heavy atom. The number of anilines is 1. The van der Waals surface area contributed by atoms with Gasteiger partial charge in [0.05, 0.1) is 33.2 Å². The molecule has 6 nitrogen and oxygen atoms in total. The van der Waals surface area contributed by atoms with E-state index in [9.17, 15) is 8.42 Å². The van der Waals surface area contributed by atoms with Crippen LogP contribution >= 0.6 is 0 Å². The van der Waals surface area contributed by atoms with E-state index >= 15 is 0 Å². The number of nitrogens with one attached hydrogen (secondary N) is 1. The third-order valence-electron chi connectivity index (χ3n) is 3.63. The Kier molecular flexibility index (Phi) is 3.54. The van der Waals surface area contributed by atoms with Gasteiger partial charge in [0.15, 0.2) is 0 Å². The predicted octanol–water partition coefficient (Wildman–Crippen LogP) is 2.55. The largest absolute Gasteiger partial charge is 0.331 e. The zero-order chi connectivity index (χ0) is 16.6. The summed E-state index contributed by atoms with van der Waals surface area (Å²) in [6.45, 7) is 1.86. The van der Waals surface area contributed by atoms with Crippen molar-refractivity contribution >= 4 is 26.7 Å². The molecule has 0 aliphatic rings. The lowest BCUT2D eigenvalue weighted by Crippen LogP contribution is -2.13. The average molecular weight is 326 g/mol. The molecule has 3 rings (SSSR count). The summed E-state index contributed by atoms with van der Waals surface area (Å²) >= 11 is 0. The van der Waals surface area contributed by atoms with E-state index in [0.717, 1.165) is 11.3 Å². The number of sulfonamides is 1. The summed E-state index contributed by atoms with van der Waals surface area (Å²) < 4.78 is 29.4. The molecule has 0 saturated carbocycles. The van der Waals surface area contributed by atoms with Crippen molar-refractivity contribution < 1.29 is 8.42 Å². The maximum absolute atomic E-state index is 12.5. The number of aryl methyl sites for hydroxylation is 2. The molecule has 1 N–H and O–H groups in total. The number of fused-ring (bicyclic) bond motifs is 1. The first kappa shape index (κ1) is 15.1. The van der Waals surface area contributed by atoms with Crippen LogP contribution in [0.25, 0.3) is 11.0 Å². The van der Waals surface area contributed by atoms with Gasteiger partial charge in [0.25, 0.3) is 10.0 Å². The monoisotopic (exact) mass is 326 g/mol. The van der Waals surface area contributed by atoms with Crippen LogP contribution in [-0.2, 0) is 17.1 Å². The van der Waals surface area contributed by atoms with Gasteiger partial charge in [-0.1, -0.05) is 6.07 Å². The lowest BCUT2D eigenvalue weighted by molar-refractivity contribution is 0.601. The van der Waals surface area contributed by atoms with E-state index in [1.807, 2.05) is 24.6 Å². The third-order valence-corrected chi connectivity index (χ3v) is 5.01. The second-order valence-electron chi connectivity index (χ2n) is 5.17. The Bertz CT molecular complexity index is 1050. The predicted molar refractivity (Wildman–Crippen MR) is 87.4 cm³/mol. The van der Waals surface area contributed by atoms with Crippen LogP contribution in [0.2, 0.25) is 0 Å². The van der Waals surface area contributed by atoms with Gasteiger partial charge < -0.3 is 4.57 Å². The van der Waals surface area contributed by atoms with Crippen LogP contribution in [0.4, 0.5) is 5.69 Å². The van der Waals surface area contributed by atoms with Gasteiger partial charge in [0.2, 0.25) is 0 Å². The van der Waals surface area contributed by atoms with Crippen molar-refractivity contribution in [1.29, 1.82) is 5.26 Å². The van der Waals surface area contributed by atoms with Crippen molar-refractivity contribution in [1.82, 2.24) is 9.55 Å². The molecule has 0 aliphatic heterocycles. The highest BCUT2D eigenvalue weighted by Crippen LogP contribution is 2.22. The van der Waals surface area contributed by atoms with E-state index in [4.69, 9.17) is 5.26 Å². The number of benzene rings is 2. The Hall–Kier alpha value is -2.85. The Labute approximate surface area is 134 Å². The highest BCUT2D eigenvalue weighted by molar-refractivity contribution is 7.92. The number of imidazole rings is 1. The summed E-state index contributed by atoms with van der Waals surface area (Å²) in [6.07, 6.45) is 0. The molecule has 1 aromatic heterocycles. The first-order valence-corrected chi connectivity index (χ1v) is 8.35. The smallest absolute Gasteiger partial charge is 0.261 e. The van der Waals surface area contributed by atoms with Crippen LogP contribution in [0.1, 0.15) is 11.4 Å². The maximum atomic E-state index is 12.5. The Morgan fingerprint density at radius 3 is 2.74 bits per heavy atom. The fourth-order valence-electron chi connectivity index (χ4n) is 2.33. The first-order chi connectivity index (χ1) is 10.9. The van der Waals surface area contributed by atoms with E-state index in [2.05, 4.69) is 9.71 Å². The number of aromatic nitrogens is 2. The molecular weight excluding hydrogens is 312 g/mol.